The molecule has 1 aromatic heterocycles. The first-order valence-corrected chi connectivity index (χ1v) is 10.6. The highest BCUT2D eigenvalue weighted by Crippen LogP contribution is 2.27. The molecule has 1 amide bonds. The molecule has 0 atom stereocenters. The summed E-state index contributed by atoms with van der Waals surface area (Å²) >= 11 is 9.44. The van der Waals surface area contributed by atoms with Crippen LogP contribution in [0.2, 0.25) is 5.15 Å². The highest BCUT2D eigenvalue weighted by atomic mass is 79.9. The van der Waals surface area contributed by atoms with Crippen LogP contribution in [-0.2, 0) is 6.61 Å². The summed E-state index contributed by atoms with van der Waals surface area (Å²) in [5, 5.41) is 6.50. The Labute approximate surface area is 192 Å². The highest BCUT2D eigenvalue weighted by molar-refractivity contribution is 9.10. The normalized spacial score (nSPS) is 11.0. The average molecular weight is 495 g/mol. The number of benzene rings is 3. The molecular weight excluding hydrogens is 478 g/mol. The van der Waals surface area contributed by atoms with Gasteiger partial charge in [-0.25, -0.2) is 10.4 Å². The van der Waals surface area contributed by atoms with E-state index in [2.05, 4.69) is 61.8 Å². The molecule has 0 spiro atoms. The van der Waals surface area contributed by atoms with Gasteiger partial charge in [-0.05, 0) is 74.2 Å². The summed E-state index contributed by atoms with van der Waals surface area (Å²) in [5.74, 6) is 0.292. The molecular formula is C24H17BrClN3O2. The SMILES string of the molecule is O=C(NN=Cc1ccc(OCc2ccc3ccccc3c2)c(Br)c1)c1cccnc1Cl. The van der Waals surface area contributed by atoms with Crippen LogP contribution in [0.1, 0.15) is 21.5 Å². The maximum atomic E-state index is 12.1. The van der Waals surface area contributed by atoms with Crippen molar-refractivity contribution in [2.45, 2.75) is 6.61 Å². The maximum absolute atomic E-state index is 12.1. The minimum absolute atomic E-state index is 0.130. The Morgan fingerprint density at radius 3 is 2.71 bits per heavy atom. The van der Waals surface area contributed by atoms with Crippen LogP contribution in [0.15, 0.2) is 88.6 Å². The van der Waals surface area contributed by atoms with Gasteiger partial charge in [-0.2, -0.15) is 5.10 Å². The highest BCUT2D eigenvalue weighted by Gasteiger charge is 2.09. The van der Waals surface area contributed by atoms with Gasteiger partial charge in [0.2, 0.25) is 0 Å². The van der Waals surface area contributed by atoms with Crippen molar-refractivity contribution in [1.29, 1.82) is 0 Å². The molecule has 0 unspecified atom stereocenters. The van der Waals surface area contributed by atoms with E-state index >= 15 is 0 Å². The zero-order chi connectivity index (χ0) is 21.6. The lowest BCUT2D eigenvalue weighted by atomic mass is 10.1. The number of fused-ring (bicyclic) bond motifs is 1. The molecule has 4 aromatic rings. The number of ether oxygens (including phenoxy) is 1. The molecule has 5 nitrogen and oxygen atoms in total. The zero-order valence-electron chi connectivity index (χ0n) is 16.3. The Morgan fingerprint density at radius 2 is 1.90 bits per heavy atom. The maximum Gasteiger partial charge on any atom is 0.274 e. The number of nitrogens with zero attached hydrogens (tertiary/aromatic N) is 2. The number of carbonyl (C=O) groups excluding carboxylic acids is 1. The quantitative estimate of drug-likeness (QED) is 0.203. The number of hydrogen-bond acceptors (Lipinski definition) is 4. The molecule has 7 heteroatoms. The van der Waals surface area contributed by atoms with Gasteiger partial charge in [-0.1, -0.05) is 48.0 Å². The van der Waals surface area contributed by atoms with Crippen LogP contribution in [0.5, 0.6) is 5.75 Å². The van der Waals surface area contributed by atoms with Crippen LogP contribution in [-0.4, -0.2) is 17.1 Å². The van der Waals surface area contributed by atoms with Crippen LogP contribution in [0.4, 0.5) is 0 Å². The monoisotopic (exact) mass is 493 g/mol. The lowest BCUT2D eigenvalue weighted by Gasteiger charge is -2.10. The predicted octanol–water partition coefficient (Wildman–Crippen LogP) is 5.99. The lowest BCUT2D eigenvalue weighted by Crippen LogP contribution is -2.18. The topological polar surface area (TPSA) is 63.6 Å². The number of nitrogens with one attached hydrogen (secondary N) is 1. The summed E-state index contributed by atoms with van der Waals surface area (Å²) in [6.45, 7) is 0.457. The van der Waals surface area contributed by atoms with Gasteiger partial charge in [0.1, 0.15) is 17.5 Å². The Bertz CT molecular complexity index is 1280. The molecule has 0 aliphatic carbocycles. The summed E-state index contributed by atoms with van der Waals surface area (Å²) in [5.41, 5.74) is 4.59. The number of carbonyl (C=O) groups is 1. The van der Waals surface area contributed by atoms with E-state index < -0.39 is 5.91 Å². The van der Waals surface area contributed by atoms with Gasteiger partial charge >= 0.3 is 0 Å². The minimum Gasteiger partial charge on any atom is -0.488 e. The van der Waals surface area contributed by atoms with E-state index in [1.807, 2.05) is 30.3 Å². The second kappa shape index (κ2) is 9.73. The van der Waals surface area contributed by atoms with Crippen molar-refractivity contribution >= 4 is 50.4 Å². The van der Waals surface area contributed by atoms with Gasteiger partial charge in [0.15, 0.2) is 0 Å². The molecule has 0 saturated carbocycles. The van der Waals surface area contributed by atoms with Crippen LogP contribution in [0.25, 0.3) is 10.8 Å². The molecule has 31 heavy (non-hydrogen) atoms. The van der Waals surface area contributed by atoms with Crippen LogP contribution < -0.4 is 10.2 Å². The van der Waals surface area contributed by atoms with Gasteiger partial charge in [0, 0.05) is 6.20 Å². The third-order valence-corrected chi connectivity index (χ3v) is 5.47. The van der Waals surface area contributed by atoms with E-state index in [1.165, 1.54) is 17.0 Å². The van der Waals surface area contributed by atoms with E-state index in [4.69, 9.17) is 16.3 Å². The van der Waals surface area contributed by atoms with Gasteiger partial charge in [0.25, 0.3) is 5.91 Å². The molecule has 1 N–H and O–H groups in total. The molecule has 0 bridgehead atoms. The molecule has 1 heterocycles. The zero-order valence-corrected chi connectivity index (χ0v) is 18.6. The molecule has 0 aliphatic rings. The van der Waals surface area contributed by atoms with E-state index in [9.17, 15) is 4.79 Å². The fourth-order valence-corrected chi connectivity index (χ4v) is 3.70. The number of amides is 1. The van der Waals surface area contributed by atoms with Crippen molar-refractivity contribution in [1.82, 2.24) is 10.4 Å². The van der Waals surface area contributed by atoms with E-state index in [-0.39, 0.29) is 10.7 Å². The van der Waals surface area contributed by atoms with E-state index in [0.29, 0.717) is 6.61 Å². The summed E-state index contributed by atoms with van der Waals surface area (Å²) in [6, 6.07) is 23.3. The van der Waals surface area contributed by atoms with Crippen molar-refractivity contribution in [3.63, 3.8) is 0 Å². The molecule has 0 radical (unpaired) electrons. The number of halogens is 2. The van der Waals surface area contributed by atoms with E-state index in [0.717, 1.165) is 21.3 Å². The Kier molecular flexibility index (Phi) is 6.60. The number of pyridine rings is 1. The first-order chi connectivity index (χ1) is 15.1. The van der Waals surface area contributed by atoms with Crippen molar-refractivity contribution in [3.05, 3.63) is 105 Å². The van der Waals surface area contributed by atoms with Crippen LogP contribution in [0, 0.1) is 0 Å². The number of rotatable bonds is 6. The summed E-state index contributed by atoms with van der Waals surface area (Å²) < 4.78 is 6.75. The molecule has 0 fully saturated rings. The van der Waals surface area contributed by atoms with Gasteiger partial charge < -0.3 is 4.74 Å². The molecule has 0 saturated heterocycles. The number of hydrazone groups is 1. The van der Waals surface area contributed by atoms with Crippen LogP contribution >= 0.6 is 27.5 Å². The van der Waals surface area contributed by atoms with E-state index in [1.54, 1.807) is 18.3 Å². The fraction of sp³-hybridized carbons (Fsp3) is 0.0417. The summed E-state index contributed by atoms with van der Waals surface area (Å²) in [6.07, 6.45) is 3.06. The molecule has 0 aliphatic heterocycles. The van der Waals surface area contributed by atoms with Crippen molar-refractivity contribution in [2.75, 3.05) is 0 Å². The van der Waals surface area contributed by atoms with Crippen molar-refractivity contribution < 1.29 is 9.53 Å². The molecule has 3 aromatic carbocycles. The van der Waals surface area contributed by atoms with Crippen LogP contribution in [0.3, 0.4) is 0 Å². The van der Waals surface area contributed by atoms with Crippen molar-refractivity contribution in [2.24, 2.45) is 5.10 Å². The lowest BCUT2D eigenvalue weighted by molar-refractivity contribution is 0.0955. The summed E-state index contributed by atoms with van der Waals surface area (Å²) in [7, 11) is 0. The third-order valence-electron chi connectivity index (χ3n) is 4.55. The predicted molar refractivity (Wildman–Crippen MR) is 127 cm³/mol. The minimum atomic E-state index is -0.427. The third kappa shape index (κ3) is 5.29. The Hall–Kier alpha value is -3.22. The Morgan fingerprint density at radius 1 is 1.06 bits per heavy atom. The van der Waals surface area contributed by atoms with Gasteiger partial charge in [0.05, 0.1) is 16.3 Å². The average Bonchev–Trinajstić information content (AvgIpc) is 2.78. The van der Waals surface area contributed by atoms with Crippen molar-refractivity contribution in [3.8, 4) is 5.75 Å². The second-order valence-electron chi connectivity index (χ2n) is 6.70. The first kappa shape index (κ1) is 21.0. The van der Waals surface area contributed by atoms with Gasteiger partial charge in [-0.3, -0.25) is 4.79 Å². The number of aromatic nitrogens is 1. The summed E-state index contributed by atoms with van der Waals surface area (Å²) in [4.78, 5) is 16.0. The molecule has 4 rings (SSSR count). The fourth-order valence-electron chi connectivity index (χ4n) is 2.99. The standard InChI is InChI=1S/C24H17BrClN3O2/c25-21-13-16(14-28-29-24(30)20-6-3-11-27-23(20)26)8-10-22(21)31-15-17-7-9-18-4-1-2-5-19(18)12-17/h1-14H,15H2,(H,29,30). The second-order valence-corrected chi connectivity index (χ2v) is 7.91. The first-order valence-electron chi connectivity index (χ1n) is 9.44. The molecule has 154 valence electrons. The smallest absolute Gasteiger partial charge is 0.274 e. The number of hydrogen-bond donors (Lipinski definition) is 1. The Balaban J connectivity index is 1.37. The largest absolute Gasteiger partial charge is 0.488 e. The van der Waals surface area contributed by atoms with Gasteiger partial charge in [-0.15, -0.1) is 0 Å².